The van der Waals surface area contributed by atoms with E-state index in [1.165, 1.54) is 28.4 Å². The summed E-state index contributed by atoms with van der Waals surface area (Å²) in [5, 5.41) is 0.838. The number of carbonyl (C=O) groups excluding carboxylic acids is 1. The number of rotatable bonds is 3. The molecule has 0 fully saturated rings. The highest BCUT2D eigenvalue weighted by atomic mass is 35.5. The van der Waals surface area contributed by atoms with Gasteiger partial charge >= 0.3 is 0 Å². The summed E-state index contributed by atoms with van der Waals surface area (Å²) in [5.41, 5.74) is 1.05. The van der Waals surface area contributed by atoms with Gasteiger partial charge in [-0.15, -0.1) is 0 Å². The highest BCUT2D eigenvalue weighted by Gasteiger charge is 2.18. The number of likely N-dealkylation sites (N-methyl/N-ethyl adjacent to an activating group) is 1. The fourth-order valence-electron chi connectivity index (χ4n) is 2.08. The number of benzene rings is 2. The molecule has 0 atom stereocenters. The third-order valence-corrected chi connectivity index (χ3v) is 4.80. The predicted octanol–water partition coefficient (Wildman–Crippen LogP) is 4.29. The first-order chi connectivity index (χ1) is 10.6. The van der Waals surface area contributed by atoms with Crippen molar-refractivity contribution in [2.75, 3.05) is 11.9 Å². The maximum atomic E-state index is 13.8. The first-order valence-corrected chi connectivity index (χ1v) is 7.80. The van der Waals surface area contributed by atoms with Gasteiger partial charge in [0.2, 0.25) is 5.91 Å². The second kappa shape index (κ2) is 6.02. The Hall–Kier alpha value is -1.98. The van der Waals surface area contributed by atoms with Gasteiger partial charge < -0.3 is 0 Å². The maximum Gasteiger partial charge on any atom is 0.233 e. The molecule has 1 heterocycles. The van der Waals surface area contributed by atoms with Gasteiger partial charge in [0.25, 0.3) is 0 Å². The van der Waals surface area contributed by atoms with Crippen molar-refractivity contribution in [3.8, 4) is 0 Å². The standard InChI is InChI=1S/C16H12ClFN2OS/c1-20(16-19-13-7-2-3-8-14(13)22-16)15(21)9-10-11(17)5-4-6-12(10)18/h2-8H,9H2,1H3. The van der Waals surface area contributed by atoms with Crippen molar-refractivity contribution in [2.24, 2.45) is 0 Å². The Morgan fingerprint density at radius 1 is 1.27 bits per heavy atom. The van der Waals surface area contributed by atoms with Crippen LogP contribution >= 0.6 is 22.9 Å². The van der Waals surface area contributed by atoms with Gasteiger partial charge in [0.05, 0.1) is 16.6 Å². The topological polar surface area (TPSA) is 33.2 Å². The van der Waals surface area contributed by atoms with Gasteiger partial charge in [-0.05, 0) is 24.3 Å². The van der Waals surface area contributed by atoms with Crippen LogP contribution in [0.15, 0.2) is 42.5 Å². The minimum atomic E-state index is -0.474. The maximum absolute atomic E-state index is 13.8. The SMILES string of the molecule is CN(C(=O)Cc1c(F)cccc1Cl)c1nc2ccccc2s1. The number of amides is 1. The monoisotopic (exact) mass is 334 g/mol. The molecule has 1 amide bonds. The van der Waals surface area contributed by atoms with Crippen LogP contribution < -0.4 is 4.90 Å². The molecule has 0 unspecified atom stereocenters. The summed E-state index contributed by atoms with van der Waals surface area (Å²) in [6, 6.07) is 12.0. The lowest BCUT2D eigenvalue weighted by Crippen LogP contribution is -2.28. The molecule has 112 valence electrons. The average molecular weight is 335 g/mol. The van der Waals surface area contributed by atoms with Crippen molar-refractivity contribution in [1.29, 1.82) is 0 Å². The summed E-state index contributed by atoms with van der Waals surface area (Å²) in [4.78, 5) is 18.2. The van der Waals surface area contributed by atoms with E-state index in [0.29, 0.717) is 5.13 Å². The van der Waals surface area contributed by atoms with E-state index in [1.807, 2.05) is 24.3 Å². The Labute approximate surface area is 136 Å². The average Bonchev–Trinajstić information content (AvgIpc) is 2.94. The van der Waals surface area contributed by atoms with Crippen molar-refractivity contribution in [3.05, 3.63) is 58.9 Å². The molecule has 0 saturated heterocycles. The second-order valence-corrected chi connectivity index (χ2v) is 6.21. The van der Waals surface area contributed by atoms with E-state index in [2.05, 4.69) is 4.98 Å². The molecule has 0 spiro atoms. The first-order valence-electron chi connectivity index (χ1n) is 6.61. The molecule has 0 saturated carbocycles. The molecule has 0 aliphatic carbocycles. The van der Waals surface area contributed by atoms with Crippen LogP contribution in [-0.2, 0) is 11.2 Å². The van der Waals surface area contributed by atoms with E-state index in [9.17, 15) is 9.18 Å². The number of hydrogen-bond donors (Lipinski definition) is 0. The van der Waals surface area contributed by atoms with Crippen LogP contribution in [0.25, 0.3) is 10.2 Å². The Balaban J connectivity index is 1.85. The van der Waals surface area contributed by atoms with Crippen LogP contribution in [0.4, 0.5) is 9.52 Å². The molecular formula is C16H12ClFN2OS. The number of anilines is 1. The molecule has 3 aromatic rings. The number of carbonyl (C=O) groups is 1. The van der Waals surface area contributed by atoms with Crippen LogP contribution in [0.3, 0.4) is 0 Å². The quantitative estimate of drug-likeness (QED) is 0.715. The lowest BCUT2D eigenvalue weighted by Gasteiger charge is -2.14. The van der Waals surface area contributed by atoms with Crippen LogP contribution in [0.2, 0.25) is 5.02 Å². The zero-order valence-corrected chi connectivity index (χ0v) is 13.3. The fourth-order valence-corrected chi connectivity index (χ4v) is 3.26. The molecule has 0 bridgehead atoms. The highest BCUT2D eigenvalue weighted by molar-refractivity contribution is 7.22. The van der Waals surface area contributed by atoms with E-state index < -0.39 is 5.82 Å². The number of hydrogen-bond acceptors (Lipinski definition) is 3. The van der Waals surface area contributed by atoms with Gasteiger partial charge in [-0.3, -0.25) is 9.69 Å². The van der Waals surface area contributed by atoms with Crippen molar-refractivity contribution in [2.45, 2.75) is 6.42 Å². The predicted molar refractivity (Wildman–Crippen MR) is 88.1 cm³/mol. The number of thiazole rings is 1. The molecular weight excluding hydrogens is 323 g/mol. The van der Waals surface area contributed by atoms with Crippen LogP contribution in [0.1, 0.15) is 5.56 Å². The lowest BCUT2D eigenvalue weighted by atomic mass is 10.1. The third-order valence-electron chi connectivity index (χ3n) is 3.33. The minimum Gasteiger partial charge on any atom is -0.291 e. The summed E-state index contributed by atoms with van der Waals surface area (Å²) < 4.78 is 14.8. The zero-order chi connectivity index (χ0) is 15.7. The van der Waals surface area contributed by atoms with Gasteiger partial charge in [-0.1, -0.05) is 41.1 Å². The molecule has 3 nitrogen and oxygen atoms in total. The number of nitrogens with zero attached hydrogens (tertiary/aromatic N) is 2. The molecule has 0 aliphatic heterocycles. The van der Waals surface area contributed by atoms with Crippen LogP contribution in [0, 0.1) is 5.82 Å². The molecule has 3 rings (SSSR count). The summed E-state index contributed by atoms with van der Waals surface area (Å²) in [5.74, 6) is -0.732. The number of aromatic nitrogens is 1. The van der Waals surface area contributed by atoms with Crippen LogP contribution in [0.5, 0.6) is 0 Å². The lowest BCUT2D eigenvalue weighted by molar-refractivity contribution is -0.117. The summed E-state index contributed by atoms with van der Waals surface area (Å²) in [7, 11) is 1.63. The van der Waals surface area contributed by atoms with E-state index >= 15 is 0 Å². The van der Waals surface area contributed by atoms with Crippen molar-refractivity contribution in [1.82, 2.24) is 4.98 Å². The Morgan fingerprint density at radius 2 is 2.05 bits per heavy atom. The molecule has 0 N–H and O–H groups in total. The van der Waals surface area contributed by atoms with E-state index in [1.54, 1.807) is 13.1 Å². The van der Waals surface area contributed by atoms with E-state index in [4.69, 9.17) is 11.6 Å². The Bertz CT molecular complexity index is 796. The fraction of sp³-hybridized carbons (Fsp3) is 0.125. The summed E-state index contributed by atoms with van der Waals surface area (Å²) >= 11 is 7.38. The molecule has 2 aromatic carbocycles. The molecule has 6 heteroatoms. The van der Waals surface area contributed by atoms with Gasteiger partial charge in [0.15, 0.2) is 5.13 Å². The molecule has 1 aromatic heterocycles. The Morgan fingerprint density at radius 3 is 2.77 bits per heavy atom. The van der Waals surface area contributed by atoms with Crippen molar-refractivity contribution < 1.29 is 9.18 Å². The highest BCUT2D eigenvalue weighted by Crippen LogP contribution is 2.28. The second-order valence-electron chi connectivity index (χ2n) is 4.79. The van der Waals surface area contributed by atoms with Gasteiger partial charge in [0.1, 0.15) is 5.82 Å². The smallest absolute Gasteiger partial charge is 0.233 e. The molecule has 0 radical (unpaired) electrons. The van der Waals surface area contributed by atoms with Crippen molar-refractivity contribution >= 4 is 44.2 Å². The first kappa shape index (κ1) is 14.9. The zero-order valence-electron chi connectivity index (χ0n) is 11.7. The minimum absolute atomic E-state index is 0.0993. The number of para-hydroxylation sites is 1. The summed E-state index contributed by atoms with van der Waals surface area (Å²) in [6.45, 7) is 0. The summed E-state index contributed by atoms with van der Waals surface area (Å²) in [6.07, 6.45) is -0.0993. The van der Waals surface area contributed by atoms with E-state index in [-0.39, 0.29) is 22.9 Å². The third kappa shape index (κ3) is 2.82. The van der Waals surface area contributed by atoms with E-state index in [0.717, 1.165) is 10.2 Å². The van der Waals surface area contributed by atoms with Crippen LogP contribution in [-0.4, -0.2) is 17.9 Å². The largest absolute Gasteiger partial charge is 0.291 e. The normalized spacial score (nSPS) is 10.9. The Kier molecular flexibility index (Phi) is 4.09. The number of halogens is 2. The molecule has 22 heavy (non-hydrogen) atoms. The molecule has 0 aliphatic rings. The van der Waals surface area contributed by atoms with Gasteiger partial charge in [-0.2, -0.15) is 0 Å². The van der Waals surface area contributed by atoms with Gasteiger partial charge in [0, 0.05) is 17.6 Å². The van der Waals surface area contributed by atoms with Gasteiger partial charge in [-0.25, -0.2) is 9.37 Å². The van der Waals surface area contributed by atoms with Crippen molar-refractivity contribution in [3.63, 3.8) is 0 Å². The number of fused-ring (bicyclic) bond motifs is 1.